The van der Waals surface area contributed by atoms with Crippen molar-refractivity contribution < 1.29 is 24.2 Å². The minimum atomic E-state index is -1.26. The lowest BCUT2D eigenvalue weighted by atomic mass is 10.1. The van der Waals surface area contributed by atoms with Gasteiger partial charge in [-0.05, 0) is 64.3 Å². The number of amides is 1. The first-order valence-electron chi connectivity index (χ1n) is 8.28. The number of ether oxygens (including phenoxy) is 2. The van der Waals surface area contributed by atoms with Crippen LogP contribution in [0, 0.1) is 0 Å². The molecular weight excluding hydrogens is 426 g/mol. The number of nitrogens with one attached hydrogen (secondary N) is 1. The summed E-state index contributed by atoms with van der Waals surface area (Å²) in [6.45, 7) is 5.94. The van der Waals surface area contributed by atoms with Crippen molar-refractivity contribution in [2.45, 2.75) is 6.92 Å². The highest BCUT2D eigenvalue weighted by Gasteiger charge is 2.16. The molecule has 0 unspecified atom stereocenters. The van der Waals surface area contributed by atoms with Crippen molar-refractivity contribution in [1.82, 2.24) is 5.32 Å². The van der Waals surface area contributed by atoms with Crippen LogP contribution in [0.2, 0.25) is 0 Å². The molecule has 1 amide bonds. The first-order chi connectivity index (χ1) is 13.3. The third-order valence-electron chi connectivity index (χ3n) is 3.54. The zero-order valence-corrected chi connectivity index (χ0v) is 17.1. The summed E-state index contributed by atoms with van der Waals surface area (Å²) in [5, 5.41) is 11.9. The van der Waals surface area contributed by atoms with E-state index in [4.69, 9.17) is 9.47 Å². The molecule has 146 valence electrons. The monoisotopic (exact) mass is 445 g/mol. The van der Waals surface area contributed by atoms with Gasteiger partial charge in [-0.25, -0.2) is 4.79 Å². The standard InChI is InChI=1S/C21H20BrNO5/c1-13(2)12-28-19-16(22)9-14(11-18(19)27-3)10-17(21(25)26)23-20(24)15-7-5-4-6-8-15/h4-11H,1,12H2,2-3H3,(H,23,24)(H,25,26)/b17-10+. The van der Waals surface area contributed by atoms with Crippen LogP contribution >= 0.6 is 15.9 Å². The largest absolute Gasteiger partial charge is 0.493 e. The summed E-state index contributed by atoms with van der Waals surface area (Å²) >= 11 is 3.40. The molecule has 2 aromatic carbocycles. The highest BCUT2D eigenvalue weighted by Crippen LogP contribution is 2.37. The van der Waals surface area contributed by atoms with Gasteiger partial charge in [0.05, 0.1) is 11.6 Å². The number of carbonyl (C=O) groups excluding carboxylic acids is 1. The van der Waals surface area contributed by atoms with E-state index in [1.54, 1.807) is 42.5 Å². The van der Waals surface area contributed by atoms with E-state index in [1.807, 2.05) is 6.92 Å². The predicted molar refractivity (Wildman–Crippen MR) is 111 cm³/mol. The molecule has 0 atom stereocenters. The van der Waals surface area contributed by atoms with Crippen LogP contribution in [0.3, 0.4) is 0 Å². The van der Waals surface area contributed by atoms with Crippen molar-refractivity contribution in [3.63, 3.8) is 0 Å². The minimum absolute atomic E-state index is 0.265. The first kappa shape index (κ1) is 21.2. The number of carbonyl (C=O) groups is 2. The zero-order chi connectivity index (χ0) is 20.7. The fraction of sp³-hybridized carbons (Fsp3) is 0.143. The van der Waals surface area contributed by atoms with E-state index in [2.05, 4.69) is 27.8 Å². The molecule has 2 aromatic rings. The summed E-state index contributed by atoms with van der Waals surface area (Å²) < 4.78 is 11.6. The Morgan fingerprint density at radius 1 is 1.25 bits per heavy atom. The SMILES string of the molecule is C=C(C)COc1c(Br)cc(/C=C(/NC(=O)c2ccccc2)C(=O)O)cc1OC. The zero-order valence-electron chi connectivity index (χ0n) is 15.5. The van der Waals surface area contributed by atoms with Crippen molar-refractivity contribution in [3.05, 3.63) is 75.9 Å². The van der Waals surface area contributed by atoms with Crippen LogP contribution in [0.5, 0.6) is 11.5 Å². The third kappa shape index (κ3) is 5.72. The number of carboxylic acids is 1. The fourth-order valence-corrected chi connectivity index (χ4v) is 2.83. The van der Waals surface area contributed by atoms with E-state index < -0.39 is 11.9 Å². The Bertz CT molecular complexity index is 922. The molecule has 2 N–H and O–H groups in total. The molecule has 28 heavy (non-hydrogen) atoms. The van der Waals surface area contributed by atoms with Crippen LogP contribution in [0.15, 0.2) is 64.8 Å². The summed E-state index contributed by atoms with van der Waals surface area (Å²) in [5.74, 6) is -0.877. The molecule has 0 saturated carbocycles. The van der Waals surface area contributed by atoms with Gasteiger partial charge in [-0.3, -0.25) is 4.79 Å². The summed E-state index contributed by atoms with van der Waals surface area (Å²) in [7, 11) is 1.48. The first-order valence-corrected chi connectivity index (χ1v) is 9.07. The van der Waals surface area contributed by atoms with Gasteiger partial charge in [-0.2, -0.15) is 0 Å². The number of rotatable bonds is 8. The number of hydrogen-bond acceptors (Lipinski definition) is 4. The Labute approximate surface area is 171 Å². The van der Waals surface area contributed by atoms with E-state index in [9.17, 15) is 14.7 Å². The Morgan fingerprint density at radius 2 is 1.93 bits per heavy atom. The van der Waals surface area contributed by atoms with Crippen LogP contribution in [0.25, 0.3) is 6.08 Å². The summed E-state index contributed by atoms with van der Waals surface area (Å²) in [5.41, 5.74) is 1.45. The number of halogens is 1. The molecule has 0 saturated heterocycles. The van der Waals surface area contributed by atoms with Crippen LogP contribution in [-0.4, -0.2) is 30.7 Å². The Hall–Kier alpha value is -3.06. The third-order valence-corrected chi connectivity index (χ3v) is 4.13. The number of hydrogen-bond donors (Lipinski definition) is 2. The van der Waals surface area contributed by atoms with Gasteiger partial charge in [0.25, 0.3) is 5.91 Å². The second kappa shape index (κ2) is 9.75. The Kier molecular flexibility index (Phi) is 7.40. The van der Waals surface area contributed by atoms with Gasteiger partial charge in [-0.15, -0.1) is 0 Å². The van der Waals surface area contributed by atoms with Gasteiger partial charge in [0.2, 0.25) is 0 Å². The normalized spacial score (nSPS) is 10.9. The van der Waals surface area contributed by atoms with Crippen molar-refractivity contribution in [1.29, 1.82) is 0 Å². The number of benzene rings is 2. The molecular formula is C21H20BrNO5. The maximum Gasteiger partial charge on any atom is 0.352 e. The van der Waals surface area contributed by atoms with E-state index in [1.165, 1.54) is 13.2 Å². The second-order valence-corrected chi connectivity index (χ2v) is 6.82. The summed E-state index contributed by atoms with van der Waals surface area (Å²) in [6.07, 6.45) is 1.35. The van der Waals surface area contributed by atoms with E-state index in [0.717, 1.165) is 5.57 Å². The number of aliphatic carboxylic acids is 1. The van der Waals surface area contributed by atoms with Crippen LogP contribution in [0.4, 0.5) is 0 Å². The molecule has 0 fully saturated rings. The predicted octanol–water partition coefficient (Wildman–Crippen LogP) is 4.27. The lowest BCUT2D eigenvalue weighted by molar-refractivity contribution is -0.132. The van der Waals surface area contributed by atoms with Crippen LogP contribution in [0.1, 0.15) is 22.8 Å². The van der Waals surface area contributed by atoms with Crippen molar-refractivity contribution in [2.24, 2.45) is 0 Å². The fourth-order valence-electron chi connectivity index (χ4n) is 2.26. The Morgan fingerprint density at radius 3 is 2.50 bits per heavy atom. The molecule has 0 radical (unpaired) electrons. The van der Waals surface area contributed by atoms with Gasteiger partial charge in [-0.1, -0.05) is 24.8 Å². The Balaban J connectivity index is 2.33. The smallest absolute Gasteiger partial charge is 0.352 e. The van der Waals surface area contributed by atoms with Crippen molar-refractivity contribution in [2.75, 3.05) is 13.7 Å². The second-order valence-electron chi connectivity index (χ2n) is 5.96. The van der Waals surface area contributed by atoms with Gasteiger partial charge >= 0.3 is 5.97 Å². The molecule has 0 heterocycles. The van der Waals surface area contributed by atoms with Gasteiger partial charge < -0.3 is 19.9 Å². The topological polar surface area (TPSA) is 84.9 Å². The molecule has 0 aliphatic heterocycles. The highest BCUT2D eigenvalue weighted by atomic mass is 79.9. The molecule has 6 nitrogen and oxygen atoms in total. The van der Waals surface area contributed by atoms with E-state index in [0.29, 0.717) is 33.7 Å². The average molecular weight is 446 g/mol. The molecule has 0 aliphatic carbocycles. The van der Waals surface area contributed by atoms with Crippen molar-refractivity contribution in [3.8, 4) is 11.5 Å². The van der Waals surface area contributed by atoms with Crippen molar-refractivity contribution >= 4 is 33.9 Å². The number of carboxylic acid groups (broad SMARTS) is 1. The average Bonchev–Trinajstić information content (AvgIpc) is 2.66. The lowest BCUT2D eigenvalue weighted by Crippen LogP contribution is -2.27. The molecule has 2 rings (SSSR count). The van der Waals surface area contributed by atoms with E-state index >= 15 is 0 Å². The summed E-state index contributed by atoms with van der Waals surface area (Å²) in [4.78, 5) is 23.9. The molecule has 0 aliphatic rings. The molecule has 7 heteroatoms. The van der Waals surface area contributed by atoms with Crippen LogP contribution in [-0.2, 0) is 4.79 Å². The van der Waals surface area contributed by atoms with Gasteiger partial charge in [0, 0.05) is 5.56 Å². The van der Waals surface area contributed by atoms with Crippen LogP contribution < -0.4 is 14.8 Å². The molecule has 0 spiro atoms. The minimum Gasteiger partial charge on any atom is -0.493 e. The van der Waals surface area contributed by atoms with Gasteiger partial charge in [0.15, 0.2) is 11.5 Å². The lowest BCUT2D eigenvalue weighted by Gasteiger charge is -2.14. The summed E-state index contributed by atoms with van der Waals surface area (Å²) in [6, 6.07) is 11.7. The quantitative estimate of drug-likeness (QED) is 0.468. The van der Waals surface area contributed by atoms with E-state index in [-0.39, 0.29) is 5.70 Å². The maximum absolute atomic E-state index is 12.3. The molecule has 0 bridgehead atoms. The number of methoxy groups -OCH3 is 1. The highest BCUT2D eigenvalue weighted by molar-refractivity contribution is 9.10. The maximum atomic E-state index is 12.3. The van der Waals surface area contributed by atoms with Gasteiger partial charge in [0.1, 0.15) is 12.3 Å². The molecule has 0 aromatic heterocycles.